The van der Waals surface area contributed by atoms with Gasteiger partial charge in [-0.15, -0.1) is 0 Å². The lowest BCUT2D eigenvalue weighted by molar-refractivity contribution is 0.0724. The monoisotopic (exact) mass is 365 g/mol. The SMILES string of the molecule is CC(C)(C)c1ccc(NC(=O)c2cncc(C(=O)N3CCCCC3)c2)cc1. The van der Waals surface area contributed by atoms with Gasteiger partial charge in [0, 0.05) is 31.2 Å². The first-order valence-electron chi connectivity index (χ1n) is 9.51. The van der Waals surface area contributed by atoms with Crippen LogP contribution < -0.4 is 5.32 Å². The molecule has 1 aliphatic heterocycles. The lowest BCUT2D eigenvalue weighted by Crippen LogP contribution is -2.35. The molecule has 1 N–H and O–H groups in total. The van der Waals surface area contributed by atoms with Crippen LogP contribution in [0.2, 0.25) is 0 Å². The van der Waals surface area contributed by atoms with E-state index in [0.717, 1.165) is 31.6 Å². The van der Waals surface area contributed by atoms with Crippen molar-refractivity contribution in [2.24, 2.45) is 0 Å². The molecule has 0 saturated carbocycles. The van der Waals surface area contributed by atoms with Gasteiger partial charge in [0.1, 0.15) is 0 Å². The number of amides is 2. The third-order valence-electron chi connectivity index (χ3n) is 4.90. The van der Waals surface area contributed by atoms with E-state index < -0.39 is 0 Å². The molecule has 0 spiro atoms. The van der Waals surface area contributed by atoms with Crippen LogP contribution in [0.15, 0.2) is 42.7 Å². The Hall–Kier alpha value is -2.69. The van der Waals surface area contributed by atoms with Crippen molar-refractivity contribution in [2.75, 3.05) is 18.4 Å². The number of carbonyl (C=O) groups is 2. The number of hydrogen-bond donors (Lipinski definition) is 1. The van der Waals surface area contributed by atoms with Gasteiger partial charge in [0.15, 0.2) is 0 Å². The zero-order valence-electron chi connectivity index (χ0n) is 16.3. The maximum atomic E-state index is 12.6. The van der Waals surface area contributed by atoms with E-state index in [1.54, 1.807) is 6.07 Å². The minimum Gasteiger partial charge on any atom is -0.339 e. The van der Waals surface area contributed by atoms with Crippen LogP contribution in [0, 0.1) is 0 Å². The average molecular weight is 365 g/mol. The highest BCUT2D eigenvalue weighted by Crippen LogP contribution is 2.23. The van der Waals surface area contributed by atoms with Gasteiger partial charge in [-0.05, 0) is 48.4 Å². The first kappa shape index (κ1) is 19.1. The number of anilines is 1. The second-order valence-corrected chi connectivity index (χ2v) is 8.10. The van der Waals surface area contributed by atoms with Crippen LogP contribution in [0.1, 0.15) is 66.3 Å². The smallest absolute Gasteiger partial charge is 0.257 e. The Morgan fingerprint density at radius 3 is 2.22 bits per heavy atom. The summed E-state index contributed by atoms with van der Waals surface area (Å²) >= 11 is 0. The molecular formula is C22H27N3O2. The van der Waals surface area contributed by atoms with Crippen molar-refractivity contribution < 1.29 is 9.59 Å². The van der Waals surface area contributed by atoms with Crippen molar-refractivity contribution in [2.45, 2.75) is 45.4 Å². The van der Waals surface area contributed by atoms with Gasteiger partial charge in [0.05, 0.1) is 11.1 Å². The molecule has 0 aliphatic carbocycles. The van der Waals surface area contributed by atoms with E-state index in [1.807, 2.05) is 29.2 Å². The number of aromatic nitrogens is 1. The molecule has 2 amide bonds. The van der Waals surface area contributed by atoms with Crippen molar-refractivity contribution in [1.29, 1.82) is 0 Å². The van der Waals surface area contributed by atoms with E-state index in [1.165, 1.54) is 24.4 Å². The standard InChI is InChI=1S/C22H27N3O2/c1-22(2,3)18-7-9-19(10-8-18)24-20(26)16-13-17(15-23-14-16)21(27)25-11-5-4-6-12-25/h7-10,13-15H,4-6,11-12H2,1-3H3,(H,24,26). The molecule has 1 fully saturated rings. The topological polar surface area (TPSA) is 62.3 Å². The van der Waals surface area contributed by atoms with Crippen LogP contribution in [-0.4, -0.2) is 34.8 Å². The number of benzene rings is 1. The lowest BCUT2D eigenvalue weighted by Gasteiger charge is -2.26. The summed E-state index contributed by atoms with van der Waals surface area (Å²) in [4.78, 5) is 31.1. The largest absolute Gasteiger partial charge is 0.339 e. The molecule has 5 nitrogen and oxygen atoms in total. The van der Waals surface area contributed by atoms with Crippen molar-refractivity contribution >= 4 is 17.5 Å². The molecule has 1 saturated heterocycles. The molecular weight excluding hydrogens is 338 g/mol. The molecule has 5 heteroatoms. The van der Waals surface area contributed by atoms with E-state index in [9.17, 15) is 9.59 Å². The zero-order valence-corrected chi connectivity index (χ0v) is 16.3. The van der Waals surface area contributed by atoms with Gasteiger partial charge in [-0.1, -0.05) is 32.9 Å². The molecule has 0 bridgehead atoms. The number of nitrogens with zero attached hydrogens (tertiary/aromatic N) is 2. The fourth-order valence-corrected chi connectivity index (χ4v) is 3.22. The van der Waals surface area contributed by atoms with Crippen molar-refractivity contribution in [3.05, 3.63) is 59.4 Å². The summed E-state index contributed by atoms with van der Waals surface area (Å²) in [5.41, 5.74) is 2.85. The number of likely N-dealkylation sites (tertiary alicyclic amines) is 1. The minimum atomic E-state index is -0.265. The Labute approximate surface area is 160 Å². The summed E-state index contributed by atoms with van der Waals surface area (Å²) in [6.45, 7) is 8.00. The number of hydrogen-bond acceptors (Lipinski definition) is 3. The predicted octanol–water partition coefficient (Wildman–Crippen LogP) is 4.26. The first-order valence-corrected chi connectivity index (χ1v) is 9.51. The highest BCUT2D eigenvalue weighted by Gasteiger charge is 2.20. The number of nitrogens with one attached hydrogen (secondary N) is 1. The quantitative estimate of drug-likeness (QED) is 0.884. The van der Waals surface area contributed by atoms with Crippen LogP contribution in [0.25, 0.3) is 0 Å². The Bertz CT molecular complexity index is 816. The van der Waals surface area contributed by atoms with Gasteiger partial charge in [0.2, 0.25) is 0 Å². The van der Waals surface area contributed by atoms with E-state index in [4.69, 9.17) is 0 Å². The van der Waals surface area contributed by atoms with Crippen LogP contribution in [0.4, 0.5) is 5.69 Å². The molecule has 0 radical (unpaired) electrons. The molecule has 142 valence electrons. The third kappa shape index (κ3) is 4.73. The number of carbonyl (C=O) groups excluding carboxylic acids is 2. The Kier molecular flexibility index (Phi) is 5.59. The fraction of sp³-hybridized carbons (Fsp3) is 0.409. The fourth-order valence-electron chi connectivity index (χ4n) is 3.22. The second kappa shape index (κ2) is 7.91. The van der Waals surface area contributed by atoms with E-state index in [-0.39, 0.29) is 17.2 Å². The maximum Gasteiger partial charge on any atom is 0.257 e. The van der Waals surface area contributed by atoms with Gasteiger partial charge in [-0.25, -0.2) is 0 Å². The van der Waals surface area contributed by atoms with Crippen LogP contribution in [0.3, 0.4) is 0 Å². The van der Waals surface area contributed by atoms with Crippen molar-refractivity contribution in [3.63, 3.8) is 0 Å². The van der Waals surface area contributed by atoms with Crippen molar-refractivity contribution in [1.82, 2.24) is 9.88 Å². The molecule has 27 heavy (non-hydrogen) atoms. The number of piperidine rings is 1. The van der Waals surface area contributed by atoms with Crippen molar-refractivity contribution in [3.8, 4) is 0 Å². The molecule has 0 unspecified atom stereocenters. The summed E-state index contributed by atoms with van der Waals surface area (Å²) in [6.07, 6.45) is 6.25. The Morgan fingerprint density at radius 1 is 0.963 bits per heavy atom. The highest BCUT2D eigenvalue weighted by molar-refractivity contribution is 6.05. The van der Waals surface area contributed by atoms with Crippen LogP contribution in [-0.2, 0) is 5.41 Å². The van der Waals surface area contributed by atoms with Crippen LogP contribution >= 0.6 is 0 Å². The number of rotatable bonds is 3. The van der Waals surface area contributed by atoms with E-state index in [0.29, 0.717) is 11.1 Å². The molecule has 0 atom stereocenters. The molecule has 1 aliphatic rings. The van der Waals surface area contributed by atoms with Gasteiger partial charge in [-0.3, -0.25) is 14.6 Å². The summed E-state index contributed by atoms with van der Waals surface area (Å²) in [5, 5.41) is 2.88. The minimum absolute atomic E-state index is 0.0496. The Balaban J connectivity index is 1.70. The van der Waals surface area contributed by atoms with Gasteiger partial charge < -0.3 is 10.2 Å². The maximum absolute atomic E-state index is 12.6. The summed E-state index contributed by atoms with van der Waals surface area (Å²) in [5.74, 6) is -0.314. The molecule has 1 aromatic carbocycles. The summed E-state index contributed by atoms with van der Waals surface area (Å²) in [6, 6.07) is 9.46. The van der Waals surface area contributed by atoms with Crippen LogP contribution in [0.5, 0.6) is 0 Å². The van der Waals surface area contributed by atoms with Gasteiger partial charge in [0.25, 0.3) is 11.8 Å². The van der Waals surface area contributed by atoms with Gasteiger partial charge >= 0.3 is 0 Å². The first-order chi connectivity index (χ1) is 12.8. The third-order valence-corrected chi connectivity index (χ3v) is 4.90. The normalized spacial score (nSPS) is 14.7. The number of pyridine rings is 1. The molecule has 2 heterocycles. The molecule has 3 rings (SSSR count). The lowest BCUT2D eigenvalue weighted by atomic mass is 9.87. The zero-order chi connectivity index (χ0) is 19.4. The molecule has 2 aromatic rings. The average Bonchev–Trinajstić information content (AvgIpc) is 2.68. The molecule has 1 aromatic heterocycles. The van der Waals surface area contributed by atoms with E-state index in [2.05, 4.69) is 31.1 Å². The highest BCUT2D eigenvalue weighted by atomic mass is 16.2. The summed E-state index contributed by atoms with van der Waals surface area (Å²) < 4.78 is 0. The van der Waals surface area contributed by atoms with E-state index >= 15 is 0 Å². The summed E-state index contributed by atoms with van der Waals surface area (Å²) in [7, 11) is 0. The second-order valence-electron chi connectivity index (χ2n) is 8.10. The predicted molar refractivity (Wildman–Crippen MR) is 107 cm³/mol. The Morgan fingerprint density at radius 2 is 1.59 bits per heavy atom. The van der Waals surface area contributed by atoms with Gasteiger partial charge in [-0.2, -0.15) is 0 Å².